The van der Waals surface area contributed by atoms with Gasteiger partial charge in [0, 0.05) is 19.5 Å². The Morgan fingerprint density at radius 1 is 1.38 bits per heavy atom. The smallest absolute Gasteiger partial charge is 0.0784 e. The van der Waals surface area contributed by atoms with Gasteiger partial charge in [-0.2, -0.15) is 0 Å². The molecule has 5 N–H and O–H groups in total. The van der Waals surface area contributed by atoms with Crippen LogP contribution >= 0.6 is 11.6 Å². The van der Waals surface area contributed by atoms with E-state index in [9.17, 15) is 0 Å². The second-order valence-electron chi connectivity index (χ2n) is 1.13. The van der Waals surface area contributed by atoms with Crippen molar-refractivity contribution >= 4 is 11.6 Å². The molecule has 0 rings (SSSR count). The third kappa shape index (κ3) is 9.48. The van der Waals surface area contributed by atoms with Crippen LogP contribution < -0.4 is 11.5 Å². The number of hydrogen-bond donors (Lipinski definition) is 3. The fourth-order valence-corrected chi connectivity index (χ4v) is 0.0962. The Hall–Kier alpha value is 0.170. The van der Waals surface area contributed by atoms with E-state index in [2.05, 4.69) is 11.6 Å². The van der Waals surface area contributed by atoms with Crippen molar-refractivity contribution in [2.45, 2.75) is 6.10 Å². The summed E-state index contributed by atoms with van der Waals surface area (Å²) in [7, 11) is 0. The highest BCUT2D eigenvalue weighted by molar-refractivity contribution is 6.15. The van der Waals surface area contributed by atoms with Gasteiger partial charge < -0.3 is 16.6 Å². The molecule has 0 radical (unpaired) electrons. The minimum Gasteiger partial charge on any atom is -0.390 e. The molecule has 0 aliphatic rings. The van der Waals surface area contributed by atoms with E-state index in [4.69, 9.17) is 16.6 Å². The first kappa shape index (κ1) is 11.0. The lowest BCUT2D eigenvalue weighted by atomic mass is 10.4. The summed E-state index contributed by atoms with van der Waals surface area (Å²) in [5.74, 6) is 0. The van der Waals surface area contributed by atoms with Gasteiger partial charge in [-0.3, -0.25) is 0 Å². The predicted octanol–water partition coefficient (Wildman–Crippen LogP) is -0.880. The summed E-state index contributed by atoms with van der Waals surface area (Å²) < 4.78 is 0. The van der Waals surface area contributed by atoms with Crippen LogP contribution in [0.2, 0.25) is 0 Å². The Morgan fingerprint density at radius 3 is 1.62 bits per heavy atom. The molecule has 0 saturated carbocycles. The normalized spacial score (nSPS) is 8.25. The van der Waals surface area contributed by atoms with Gasteiger partial charge in [-0.15, -0.1) is 11.6 Å². The highest BCUT2D eigenvalue weighted by Gasteiger charge is 1.91. The first-order valence-electron chi connectivity index (χ1n) is 2.27. The van der Waals surface area contributed by atoms with Gasteiger partial charge in [-0.1, -0.05) is 0 Å². The maximum absolute atomic E-state index is 8.42. The quantitative estimate of drug-likeness (QED) is 0.437. The summed E-state index contributed by atoms with van der Waals surface area (Å²) in [5, 5.41) is 8.42. The highest BCUT2D eigenvalue weighted by atomic mass is 35.5. The summed E-state index contributed by atoms with van der Waals surface area (Å²) >= 11 is 4.64. The fraction of sp³-hybridized carbons (Fsp3) is 1.00. The van der Waals surface area contributed by atoms with E-state index in [0.717, 1.165) is 0 Å². The Bertz CT molecular complexity index is 33.2. The van der Waals surface area contributed by atoms with Crippen molar-refractivity contribution in [1.29, 1.82) is 0 Å². The Kier molecular flexibility index (Phi) is 14.1. The number of nitrogens with two attached hydrogens (primary N) is 2. The molecule has 0 aliphatic heterocycles. The zero-order valence-corrected chi connectivity index (χ0v) is 5.73. The average molecular weight is 141 g/mol. The van der Waals surface area contributed by atoms with Crippen LogP contribution in [0, 0.1) is 0 Å². The van der Waals surface area contributed by atoms with Gasteiger partial charge in [0.05, 0.1) is 6.10 Å². The van der Waals surface area contributed by atoms with Crippen LogP contribution in [0.15, 0.2) is 0 Å². The van der Waals surface area contributed by atoms with Crippen molar-refractivity contribution in [2.75, 3.05) is 19.5 Å². The zero-order chi connectivity index (χ0) is 6.99. The predicted molar refractivity (Wildman–Crippen MR) is 35.9 cm³/mol. The maximum atomic E-state index is 8.42. The van der Waals surface area contributed by atoms with E-state index in [1.807, 2.05) is 0 Å². The molecule has 0 aromatic carbocycles. The Labute approximate surface area is 54.6 Å². The summed E-state index contributed by atoms with van der Waals surface area (Å²) in [6.07, 6.45) is 0.963. The van der Waals surface area contributed by atoms with E-state index in [1.165, 1.54) is 6.38 Å². The summed E-state index contributed by atoms with van der Waals surface area (Å²) in [6, 6.07) is 0. The number of rotatable bonds is 2. The van der Waals surface area contributed by atoms with Gasteiger partial charge >= 0.3 is 0 Å². The van der Waals surface area contributed by atoms with Crippen LogP contribution in [0.5, 0.6) is 0 Å². The lowest BCUT2D eigenvalue weighted by Crippen LogP contribution is -2.27. The molecular formula is C4H13ClN2O. The van der Waals surface area contributed by atoms with Crippen molar-refractivity contribution in [1.82, 2.24) is 0 Å². The summed E-state index contributed by atoms with van der Waals surface area (Å²) in [6.45, 7) is 0.521. The van der Waals surface area contributed by atoms with Crippen LogP contribution in [-0.4, -0.2) is 30.7 Å². The number of halogens is 1. The molecular weight excluding hydrogens is 128 g/mol. The van der Waals surface area contributed by atoms with Crippen molar-refractivity contribution in [3.8, 4) is 0 Å². The lowest BCUT2D eigenvalue weighted by Gasteiger charge is -1.98. The molecule has 3 nitrogen and oxygen atoms in total. The molecule has 4 heteroatoms. The fourth-order valence-electron chi connectivity index (χ4n) is 0.0962. The molecule has 0 atom stereocenters. The molecule has 8 heavy (non-hydrogen) atoms. The minimum atomic E-state index is -0.509. The van der Waals surface area contributed by atoms with Crippen molar-refractivity contribution in [3.63, 3.8) is 0 Å². The first-order chi connectivity index (χ1) is 3.81. The van der Waals surface area contributed by atoms with E-state index in [0.29, 0.717) is 0 Å². The van der Waals surface area contributed by atoms with Crippen molar-refractivity contribution in [3.05, 3.63) is 0 Å². The van der Waals surface area contributed by atoms with Gasteiger partial charge in [0.25, 0.3) is 0 Å². The standard InChI is InChI=1S/C3H10N2O.CH3Cl/c4-1-3(6)2-5;1-2/h3,6H,1-2,4-5H2;1H3. The van der Waals surface area contributed by atoms with Gasteiger partial charge in [0.1, 0.15) is 0 Å². The van der Waals surface area contributed by atoms with Crippen LogP contribution in [0.25, 0.3) is 0 Å². The van der Waals surface area contributed by atoms with E-state index < -0.39 is 6.10 Å². The Balaban J connectivity index is 0. The molecule has 52 valence electrons. The van der Waals surface area contributed by atoms with Crippen molar-refractivity contribution < 1.29 is 5.11 Å². The van der Waals surface area contributed by atoms with Crippen LogP contribution in [-0.2, 0) is 0 Å². The second-order valence-corrected chi connectivity index (χ2v) is 1.13. The number of alkyl halides is 1. The third-order valence-electron chi connectivity index (χ3n) is 0.544. The molecule has 0 aromatic heterocycles. The van der Waals surface area contributed by atoms with E-state index in [1.54, 1.807) is 0 Å². The molecule has 0 spiro atoms. The topological polar surface area (TPSA) is 72.3 Å². The number of hydrogen-bond acceptors (Lipinski definition) is 3. The molecule has 0 unspecified atom stereocenters. The van der Waals surface area contributed by atoms with Crippen LogP contribution in [0.3, 0.4) is 0 Å². The number of aliphatic hydroxyl groups excluding tert-OH is 1. The summed E-state index contributed by atoms with van der Waals surface area (Å²) in [5.41, 5.74) is 9.91. The van der Waals surface area contributed by atoms with Gasteiger partial charge in [0.15, 0.2) is 0 Å². The van der Waals surface area contributed by atoms with E-state index >= 15 is 0 Å². The largest absolute Gasteiger partial charge is 0.390 e. The van der Waals surface area contributed by atoms with E-state index in [-0.39, 0.29) is 13.1 Å². The van der Waals surface area contributed by atoms with Gasteiger partial charge in [0.2, 0.25) is 0 Å². The maximum Gasteiger partial charge on any atom is 0.0784 e. The molecule has 0 fully saturated rings. The molecule has 0 bridgehead atoms. The van der Waals surface area contributed by atoms with Gasteiger partial charge in [-0.25, -0.2) is 0 Å². The molecule has 0 amide bonds. The molecule has 0 aliphatic carbocycles. The minimum absolute atomic E-state index is 0.260. The monoisotopic (exact) mass is 140 g/mol. The highest BCUT2D eigenvalue weighted by Crippen LogP contribution is 1.66. The summed E-state index contributed by atoms with van der Waals surface area (Å²) in [4.78, 5) is 0. The molecule has 0 aromatic rings. The average Bonchev–Trinajstić information content (AvgIpc) is 1.91. The lowest BCUT2D eigenvalue weighted by molar-refractivity contribution is 0.191. The van der Waals surface area contributed by atoms with Crippen molar-refractivity contribution in [2.24, 2.45) is 11.5 Å². The van der Waals surface area contributed by atoms with Crippen LogP contribution in [0.4, 0.5) is 0 Å². The first-order valence-corrected chi connectivity index (χ1v) is 3.03. The number of aliphatic hydroxyl groups is 1. The Morgan fingerprint density at radius 2 is 1.62 bits per heavy atom. The van der Waals surface area contributed by atoms with Gasteiger partial charge in [-0.05, 0) is 0 Å². The van der Waals surface area contributed by atoms with Crippen LogP contribution in [0.1, 0.15) is 0 Å². The zero-order valence-electron chi connectivity index (χ0n) is 4.97. The third-order valence-corrected chi connectivity index (χ3v) is 0.544. The molecule has 0 saturated heterocycles. The molecule has 0 heterocycles. The SMILES string of the molecule is CCl.NCC(O)CN. The second kappa shape index (κ2) is 10.2.